The number of rotatable bonds is 2. The number of hydrogen-bond acceptors (Lipinski definition) is 2. The molecule has 0 spiro atoms. The second-order valence-corrected chi connectivity index (χ2v) is 3.20. The number of thioether (sulfide) groups is 1. The molecule has 1 nitrogen and oxygen atoms in total. The van der Waals surface area contributed by atoms with Crippen molar-refractivity contribution in [3.8, 4) is 0 Å². The van der Waals surface area contributed by atoms with E-state index in [-0.39, 0.29) is 0 Å². The van der Waals surface area contributed by atoms with Crippen LogP contribution in [0.3, 0.4) is 0 Å². The van der Waals surface area contributed by atoms with Crippen molar-refractivity contribution < 1.29 is 4.42 Å². The standard InChI is InChI=1S/C6H7ClOS/c1-5-6(9-4-7)2-3-8-5/h2-3H,4H2,1H3. The lowest BCUT2D eigenvalue weighted by molar-refractivity contribution is 0.527. The summed E-state index contributed by atoms with van der Waals surface area (Å²) in [5.74, 6) is 0.945. The van der Waals surface area contributed by atoms with Gasteiger partial charge in [0.1, 0.15) is 5.76 Å². The zero-order valence-corrected chi connectivity index (χ0v) is 6.63. The maximum atomic E-state index is 5.49. The van der Waals surface area contributed by atoms with Gasteiger partial charge in [-0.25, -0.2) is 0 Å². The van der Waals surface area contributed by atoms with Crippen molar-refractivity contribution in [2.24, 2.45) is 0 Å². The predicted octanol–water partition coefficient (Wildman–Crippen LogP) is 2.88. The number of hydrogen-bond donors (Lipinski definition) is 0. The van der Waals surface area contributed by atoms with E-state index in [0.29, 0.717) is 5.21 Å². The van der Waals surface area contributed by atoms with Gasteiger partial charge in [0.2, 0.25) is 0 Å². The molecule has 0 aromatic carbocycles. The third-order valence-electron chi connectivity index (χ3n) is 1.02. The summed E-state index contributed by atoms with van der Waals surface area (Å²) < 4.78 is 5.04. The van der Waals surface area contributed by atoms with Crippen LogP contribution in [0.4, 0.5) is 0 Å². The summed E-state index contributed by atoms with van der Waals surface area (Å²) in [6, 6.07) is 1.92. The third kappa shape index (κ3) is 1.66. The summed E-state index contributed by atoms with van der Waals surface area (Å²) in [7, 11) is 0. The Kier molecular flexibility index (Phi) is 2.49. The van der Waals surface area contributed by atoms with Gasteiger partial charge in [-0.2, -0.15) is 0 Å². The number of halogens is 1. The van der Waals surface area contributed by atoms with E-state index in [1.807, 2.05) is 13.0 Å². The smallest absolute Gasteiger partial charge is 0.114 e. The van der Waals surface area contributed by atoms with Crippen molar-refractivity contribution in [1.29, 1.82) is 0 Å². The zero-order valence-electron chi connectivity index (χ0n) is 5.06. The third-order valence-corrected chi connectivity index (χ3v) is 2.19. The van der Waals surface area contributed by atoms with E-state index in [0.717, 1.165) is 10.7 Å². The minimum absolute atomic E-state index is 0.584. The van der Waals surface area contributed by atoms with E-state index in [1.54, 1.807) is 18.0 Å². The average Bonchev–Trinajstić information content (AvgIpc) is 2.18. The van der Waals surface area contributed by atoms with Gasteiger partial charge < -0.3 is 4.42 Å². The molecule has 0 saturated carbocycles. The van der Waals surface area contributed by atoms with E-state index in [1.165, 1.54) is 0 Å². The van der Waals surface area contributed by atoms with Gasteiger partial charge in [-0.05, 0) is 13.0 Å². The molecule has 0 N–H and O–H groups in total. The summed E-state index contributed by atoms with van der Waals surface area (Å²) in [4.78, 5) is 1.13. The van der Waals surface area contributed by atoms with Gasteiger partial charge in [0.15, 0.2) is 0 Å². The van der Waals surface area contributed by atoms with Crippen molar-refractivity contribution in [1.82, 2.24) is 0 Å². The first-order valence-electron chi connectivity index (χ1n) is 2.57. The van der Waals surface area contributed by atoms with Gasteiger partial charge in [-0.1, -0.05) is 0 Å². The van der Waals surface area contributed by atoms with Crippen molar-refractivity contribution in [2.75, 3.05) is 5.21 Å². The molecule has 0 fully saturated rings. The predicted molar refractivity (Wildman–Crippen MR) is 40.0 cm³/mol. The molecule has 50 valence electrons. The van der Waals surface area contributed by atoms with Crippen LogP contribution in [0.2, 0.25) is 0 Å². The molecular weight excluding hydrogens is 156 g/mol. The van der Waals surface area contributed by atoms with Crippen LogP contribution in [0.25, 0.3) is 0 Å². The van der Waals surface area contributed by atoms with E-state index in [4.69, 9.17) is 16.0 Å². The molecule has 0 atom stereocenters. The first-order valence-corrected chi connectivity index (χ1v) is 4.09. The lowest BCUT2D eigenvalue weighted by Crippen LogP contribution is -1.67. The van der Waals surface area contributed by atoms with Crippen LogP contribution in [-0.2, 0) is 0 Å². The van der Waals surface area contributed by atoms with Gasteiger partial charge in [-0.3, -0.25) is 0 Å². The minimum Gasteiger partial charge on any atom is -0.468 e. The Morgan fingerprint density at radius 2 is 2.56 bits per heavy atom. The molecule has 0 radical (unpaired) electrons. The van der Waals surface area contributed by atoms with Crippen LogP contribution in [0.5, 0.6) is 0 Å². The topological polar surface area (TPSA) is 13.1 Å². The zero-order chi connectivity index (χ0) is 6.69. The minimum atomic E-state index is 0.584. The molecule has 0 aliphatic rings. The lowest BCUT2D eigenvalue weighted by atomic mass is 10.5. The number of alkyl halides is 1. The highest BCUT2D eigenvalue weighted by atomic mass is 35.5. The first-order chi connectivity index (χ1) is 4.34. The summed E-state index contributed by atoms with van der Waals surface area (Å²) in [5.41, 5.74) is 0. The number of aryl methyl sites for hydroxylation is 1. The number of furan rings is 1. The molecule has 1 heterocycles. The molecule has 1 rings (SSSR count). The van der Waals surface area contributed by atoms with Crippen LogP contribution < -0.4 is 0 Å². The second kappa shape index (κ2) is 3.18. The Bertz CT molecular complexity index is 185. The Morgan fingerprint density at radius 1 is 1.78 bits per heavy atom. The van der Waals surface area contributed by atoms with Crippen molar-refractivity contribution >= 4 is 23.4 Å². The molecule has 0 unspecified atom stereocenters. The fraction of sp³-hybridized carbons (Fsp3) is 0.333. The quantitative estimate of drug-likeness (QED) is 0.490. The molecule has 1 aromatic heterocycles. The molecule has 0 bridgehead atoms. The van der Waals surface area contributed by atoms with Crippen LogP contribution in [0.15, 0.2) is 21.6 Å². The Hall–Kier alpha value is -0.0800. The van der Waals surface area contributed by atoms with Crippen molar-refractivity contribution in [3.63, 3.8) is 0 Å². The van der Waals surface area contributed by atoms with Crippen LogP contribution in [-0.4, -0.2) is 5.21 Å². The van der Waals surface area contributed by atoms with Gasteiger partial charge in [0.05, 0.1) is 11.5 Å². The largest absolute Gasteiger partial charge is 0.468 e. The molecule has 0 aliphatic carbocycles. The first kappa shape index (κ1) is 7.03. The lowest BCUT2D eigenvalue weighted by Gasteiger charge is -1.89. The van der Waals surface area contributed by atoms with E-state index in [2.05, 4.69) is 0 Å². The SMILES string of the molecule is Cc1occc1SCCl. The van der Waals surface area contributed by atoms with Crippen LogP contribution in [0.1, 0.15) is 5.76 Å². The molecule has 1 aromatic rings. The molecule has 3 heteroatoms. The Labute approximate surface area is 63.4 Å². The summed E-state index contributed by atoms with van der Waals surface area (Å²) in [6.45, 7) is 1.93. The molecule has 0 amide bonds. The monoisotopic (exact) mass is 162 g/mol. The van der Waals surface area contributed by atoms with Crippen LogP contribution in [0, 0.1) is 6.92 Å². The summed E-state index contributed by atoms with van der Waals surface area (Å²) in [6.07, 6.45) is 1.67. The van der Waals surface area contributed by atoms with E-state index in [9.17, 15) is 0 Å². The highest BCUT2D eigenvalue weighted by molar-refractivity contribution is 8.00. The fourth-order valence-corrected chi connectivity index (χ4v) is 1.46. The molecule has 9 heavy (non-hydrogen) atoms. The highest BCUT2D eigenvalue weighted by Gasteiger charge is 1.98. The van der Waals surface area contributed by atoms with Gasteiger partial charge in [0.25, 0.3) is 0 Å². The van der Waals surface area contributed by atoms with Gasteiger partial charge in [0, 0.05) is 4.90 Å². The van der Waals surface area contributed by atoms with E-state index < -0.39 is 0 Å². The van der Waals surface area contributed by atoms with Crippen LogP contribution >= 0.6 is 23.4 Å². The average molecular weight is 163 g/mol. The van der Waals surface area contributed by atoms with E-state index >= 15 is 0 Å². The fourth-order valence-electron chi connectivity index (χ4n) is 0.582. The van der Waals surface area contributed by atoms with Gasteiger partial charge in [-0.15, -0.1) is 23.4 Å². The summed E-state index contributed by atoms with van der Waals surface area (Å²) >= 11 is 7.07. The maximum Gasteiger partial charge on any atom is 0.114 e. The Balaban J connectivity index is 2.69. The molecule has 0 saturated heterocycles. The normalized spacial score (nSPS) is 10.0. The maximum absolute atomic E-state index is 5.49. The highest BCUT2D eigenvalue weighted by Crippen LogP contribution is 2.23. The van der Waals surface area contributed by atoms with Crippen molar-refractivity contribution in [3.05, 3.63) is 18.1 Å². The van der Waals surface area contributed by atoms with Crippen molar-refractivity contribution in [2.45, 2.75) is 11.8 Å². The summed E-state index contributed by atoms with van der Waals surface area (Å²) in [5, 5.41) is 0.584. The second-order valence-electron chi connectivity index (χ2n) is 1.59. The molecule has 0 aliphatic heterocycles. The van der Waals surface area contributed by atoms with Gasteiger partial charge >= 0.3 is 0 Å². The Morgan fingerprint density at radius 3 is 3.00 bits per heavy atom. The molecular formula is C6H7ClOS.